The van der Waals surface area contributed by atoms with Crippen LogP contribution in [0.4, 0.5) is 5.95 Å². The molecule has 0 spiro atoms. The lowest BCUT2D eigenvalue weighted by molar-refractivity contribution is -0.117. The van der Waals surface area contributed by atoms with Crippen LogP contribution < -0.4 is 10.6 Å². The Labute approximate surface area is 120 Å². The number of nitrogens with one attached hydrogen (secondary N) is 2. The lowest BCUT2D eigenvalue weighted by Gasteiger charge is -2.29. The van der Waals surface area contributed by atoms with Gasteiger partial charge in [0.2, 0.25) is 11.9 Å². The summed E-state index contributed by atoms with van der Waals surface area (Å²) in [5.74, 6) is 0.304. The number of hydrogen-bond acceptors (Lipinski definition) is 5. The SMILES string of the molecule is CCN(CC(=O)Nc1ncccn1)CC1CCCCN1. The van der Waals surface area contributed by atoms with Crippen molar-refractivity contribution in [2.75, 3.05) is 31.5 Å². The van der Waals surface area contributed by atoms with Crippen LogP contribution in [0.25, 0.3) is 0 Å². The number of likely N-dealkylation sites (N-methyl/N-ethyl adjacent to an activating group) is 1. The molecule has 0 aliphatic carbocycles. The molecule has 1 aromatic heterocycles. The van der Waals surface area contributed by atoms with Gasteiger partial charge in [0.25, 0.3) is 0 Å². The van der Waals surface area contributed by atoms with Gasteiger partial charge in [0, 0.05) is 25.0 Å². The summed E-state index contributed by atoms with van der Waals surface area (Å²) in [6.45, 7) is 5.33. The fourth-order valence-corrected chi connectivity index (χ4v) is 2.43. The highest BCUT2D eigenvalue weighted by Gasteiger charge is 2.17. The lowest BCUT2D eigenvalue weighted by atomic mass is 10.0. The fourth-order valence-electron chi connectivity index (χ4n) is 2.43. The molecule has 6 heteroatoms. The van der Waals surface area contributed by atoms with E-state index in [9.17, 15) is 4.79 Å². The van der Waals surface area contributed by atoms with Crippen LogP contribution in [-0.4, -0.2) is 53.0 Å². The van der Waals surface area contributed by atoms with E-state index < -0.39 is 0 Å². The van der Waals surface area contributed by atoms with Crippen molar-refractivity contribution in [3.63, 3.8) is 0 Å². The summed E-state index contributed by atoms with van der Waals surface area (Å²) in [6.07, 6.45) is 6.96. The number of nitrogens with zero attached hydrogens (tertiary/aromatic N) is 3. The van der Waals surface area contributed by atoms with E-state index in [2.05, 4.69) is 32.4 Å². The number of aromatic nitrogens is 2. The van der Waals surface area contributed by atoms with Crippen molar-refractivity contribution in [3.05, 3.63) is 18.5 Å². The van der Waals surface area contributed by atoms with E-state index in [1.807, 2.05) is 0 Å². The molecule has 1 saturated heterocycles. The molecule has 0 bridgehead atoms. The summed E-state index contributed by atoms with van der Waals surface area (Å²) in [5.41, 5.74) is 0. The largest absolute Gasteiger partial charge is 0.313 e. The molecule has 0 saturated carbocycles. The van der Waals surface area contributed by atoms with Gasteiger partial charge in [0.15, 0.2) is 0 Å². The molecule has 1 atom stereocenters. The second-order valence-corrected chi connectivity index (χ2v) is 5.10. The highest BCUT2D eigenvalue weighted by Crippen LogP contribution is 2.08. The topological polar surface area (TPSA) is 70.2 Å². The van der Waals surface area contributed by atoms with Crippen LogP contribution in [0.2, 0.25) is 0 Å². The van der Waals surface area contributed by atoms with Crippen molar-refractivity contribution >= 4 is 11.9 Å². The molecule has 1 aromatic rings. The van der Waals surface area contributed by atoms with Crippen molar-refractivity contribution in [3.8, 4) is 0 Å². The second kappa shape index (κ2) is 7.91. The number of carbonyl (C=O) groups is 1. The van der Waals surface area contributed by atoms with Gasteiger partial charge in [-0.1, -0.05) is 13.3 Å². The molecule has 1 aliphatic rings. The molecular formula is C14H23N5O. The quantitative estimate of drug-likeness (QED) is 0.808. The normalized spacial score (nSPS) is 19.0. The molecule has 1 amide bonds. The maximum atomic E-state index is 12.0. The maximum Gasteiger partial charge on any atom is 0.240 e. The van der Waals surface area contributed by atoms with Gasteiger partial charge >= 0.3 is 0 Å². The summed E-state index contributed by atoms with van der Waals surface area (Å²) in [6, 6.07) is 2.23. The Kier molecular flexibility index (Phi) is 5.88. The van der Waals surface area contributed by atoms with Crippen molar-refractivity contribution < 1.29 is 4.79 Å². The van der Waals surface area contributed by atoms with Gasteiger partial charge in [-0.05, 0) is 32.0 Å². The first kappa shape index (κ1) is 14.9. The zero-order chi connectivity index (χ0) is 14.2. The molecule has 20 heavy (non-hydrogen) atoms. The Morgan fingerprint density at radius 1 is 1.45 bits per heavy atom. The zero-order valence-electron chi connectivity index (χ0n) is 12.0. The van der Waals surface area contributed by atoms with Crippen LogP contribution >= 0.6 is 0 Å². The van der Waals surface area contributed by atoms with Crippen LogP contribution in [0.15, 0.2) is 18.5 Å². The maximum absolute atomic E-state index is 12.0. The average Bonchev–Trinajstić information content (AvgIpc) is 2.48. The van der Waals surface area contributed by atoms with E-state index in [4.69, 9.17) is 0 Å². The lowest BCUT2D eigenvalue weighted by Crippen LogP contribution is -2.45. The Bertz CT molecular complexity index is 405. The van der Waals surface area contributed by atoms with E-state index in [-0.39, 0.29) is 5.91 Å². The number of piperidine rings is 1. The monoisotopic (exact) mass is 277 g/mol. The summed E-state index contributed by atoms with van der Waals surface area (Å²) < 4.78 is 0. The molecule has 1 fully saturated rings. The molecule has 1 unspecified atom stereocenters. The fraction of sp³-hybridized carbons (Fsp3) is 0.643. The first-order valence-corrected chi connectivity index (χ1v) is 7.30. The Morgan fingerprint density at radius 3 is 2.90 bits per heavy atom. The van der Waals surface area contributed by atoms with Crippen molar-refractivity contribution in [2.45, 2.75) is 32.2 Å². The first-order valence-electron chi connectivity index (χ1n) is 7.30. The third kappa shape index (κ3) is 4.86. The van der Waals surface area contributed by atoms with E-state index in [1.165, 1.54) is 19.3 Å². The molecular weight excluding hydrogens is 254 g/mol. The van der Waals surface area contributed by atoms with E-state index in [0.717, 1.165) is 19.6 Å². The minimum absolute atomic E-state index is 0.0612. The molecule has 2 rings (SSSR count). The van der Waals surface area contributed by atoms with Crippen LogP contribution in [0, 0.1) is 0 Å². The van der Waals surface area contributed by atoms with Gasteiger partial charge in [0.1, 0.15) is 0 Å². The van der Waals surface area contributed by atoms with Crippen LogP contribution in [0.1, 0.15) is 26.2 Å². The summed E-state index contributed by atoms with van der Waals surface area (Å²) in [4.78, 5) is 22.1. The molecule has 0 aromatic carbocycles. The zero-order valence-corrected chi connectivity index (χ0v) is 12.0. The number of carbonyl (C=O) groups excluding carboxylic acids is 1. The molecule has 0 radical (unpaired) electrons. The van der Waals surface area contributed by atoms with Crippen molar-refractivity contribution in [1.82, 2.24) is 20.2 Å². The van der Waals surface area contributed by atoms with Gasteiger partial charge in [-0.15, -0.1) is 0 Å². The predicted octanol–water partition coefficient (Wildman–Crippen LogP) is 0.879. The van der Waals surface area contributed by atoms with E-state index >= 15 is 0 Å². The number of rotatable bonds is 6. The Morgan fingerprint density at radius 2 is 2.25 bits per heavy atom. The Hall–Kier alpha value is -1.53. The number of hydrogen-bond donors (Lipinski definition) is 2. The van der Waals surface area contributed by atoms with Gasteiger partial charge in [-0.25, -0.2) is 9.97 Å². The van der Waals surface area contributed by atoms with Crippen LogP contribution in [0.5, 0.6) is 0 Å². The standard InChI is InChI=1S/C14H23N5O/c1-2-19(10-12-6-3-4-7-15-12)11-13(20)18-14-16-8-5-9-17-14/h5,8-9,12,15H,2-4,6-7,10-11H2,1H3,(H,16,17,18,20). The van der Waals surface area contributed by atoms with Gasteiger partial charge < -0.3 is 5.32 Å². The van der Waals surface area contributed by atoms with Gasteiger partial charge in [-0.2, -0.15) is 0 Å². The second-order valence-electron chi connectivity index (χ2n) is 5.10. The molecule has 110 valence electrons. The van der Waals surface area contributed by atoms with Crippen molar-refractivity contribution in [1.29, 1.82) is 0 Å². The molecule has 2 heterocycles. The highest BCUT2D eigenvalue weighted by atomic mass is 16.2. The van der Waals surface area contributed by atoms with Gasteiger partial charge in [0.05, 0.1) is 6.54 Å². The third-order valence-electron chi connectivity index (χ3n) is 3.52. The van der Waals surface area contributed by atoms with E-state index in [0.29, 0.717) is 18.5 Å². The van der Waals surface area contributed by atoms with Crippen LogP contribution in [-0.2, 0) is 4.79 Å². The minimum Gasteiger partial charge on any atom is -0.313 e. The molecule has 1 aliphatic heterocycles. The van der Waals surface area contributed by atoms with E-state index in [1.54, 1.807) is 18.5 Å². The third-order valence-corrected chi connectivity index (χ3v) is 3.52. The molecule has 2 N–H and O–H groups in total. The highest BCUT2D eigenvalue weighted by molar-refractivity contribution is 5.90. The smallest absolute Gasteiger partial charge is 0.240 e. The predicted molar refractivity (Wildman–Crippen MR) is 78.4 cm³/mol. The van der Waals surface area contributed by atoms with Gasteiger partial charge in [-0.3, -0.25) is 15.0 Å². The number of anilines is 1. The number of amides is 1. The first-order chi connectivity index (χ1) is 9.78. The van der Waals surface area contributed by atoms with Crippen molar-refractivity contribution in [2.24, 2.45) is 0 Å². The summed E-state index contributed by atoms with van der Waals surface area (Å²) in [7, 11) is 0. The molecule has 6 nitrogen and oxygen atoms in total. The Balaban J connectivity index is 1.78. The van der Waals surface area contributed by atoms with Crippen LogP contribution in [0.3, 0.4) is 0 Å². The summed E-state index contributed by atoms with van der Waals surface area (Å²) >= 11 is 0. The minimum atomic E-state index is -0.0612. The average molecular weight is 277 g/mol. The summed E-state index contributed by atoms with van der Waals surface area (Å²) in [5, 5.41) is 6.23.